The molecule has 0 bridgehead atoms. The lowest BCUT2D eigenvalue weighted by Gasteiger charge is -2.13. The third kappa shape index (κ3) is 6.24. The summed E-state index contributed by atoms with van der Waals surface area (Å²) in [5.74, 6) is 1.55. The zero-order chi connectivity index (χ0) is 25.7. The van der Waals surface area contributed by atoms with Crippen LogP contribution in [0, 0.1) is 0 Å². The molecule has 0 radical (unpaired) electrons. The summed E-state index contributed by atoms with van der Waals surface area (Å²) >= 11 is 7.97. The van der Waals surface area contributed by atoms with Crippen molar-refractivity contribution >= 4 is 35.5 Å². The van der Waals surface area contributed by atoms with Gasteiger partial charge in [-0.15, -0.1) is 11.8 Å². The molecule has 0 spiro atoms. The van der Waals surface area contributed by atoms with Crippen LogP contribution >= 0.6 is 23.4 Å². The Balaban J connectivity index is 1.58. The van der Waals surface area contributed by atoms with E-state index in [0.717, 1.165) is 22.4 Å². The van der Waals surface area contributed by atoms with Crippen LogP contribution in [0.5, 0.6) is 17.4 Å². The van der Waals surface area contributed by atoms with E-state index in [4.69, 9.17) is 35.9 Å². The second kappa shape index (κ2) is 11.6. The predicted octanol–water partition coefficient (Wildman–Crippen LogP) is 5.63. The highest BCUT2D eigenvalue weighted by molar-refractivity contribution is 7.98. The van der Waals surface area contributed by atoms with E-state index in [1.807, 2.05) is 31.2 Å². The molecule has 36 heavy (non-hydrogen) atoms. The fraction of sp³-hybridized carbons (Fsp3) is 0.320. The first kappa shape index (κ1) is 25.7. The van der Waals surface area contributed by atoms with Crippen LogP contribution in [-0.4, -0.2) is 38.7 Å². The summed E-state index contributed by atoms with van der Waals surface area (Å²) in [6.45, 7) is 2.39. The number of ether oxygens (including phenoxy) is 3. The van der Waals surface area contributed by atoms with Crippen LogP contribution in [0.4, 0.5) is 4.79 Å². The first-order valence-electron chi connectivity index (χ1n) is 11.3. The van der Waals surface area contributed by atoms with Crippen molar-refractivity contribution in [3.63, 3.8) is 0 Å². The number of rotatable bonds is 11. The quantitative estimate of drug-likeness (QED) is 0.239. The summed E-state index contributed by atoms with van der Waals surface area (Å²) in [5, 5.41) is 18.8. The number of aryl methyl sites for hydroxylation is 2. The fourth-order valence-electron chi connectivity index (χ4n) is 3.81. The van der Waals surface area contributed by atoms with Crippen LogP contribution in [0.25, 0.3) is 0 Å². The maximum atomic E-state index is 11.6. The summed E-state index contributed by atoms with van der Waals surface area (Å²) < 4.78 is 17.8. The number of halogens is 1. The van der Waals surface area contributed by atoms with Crippen LogP contribution in [-0.2, 0) is 29.9 Å². The highest BCUT2D eigenvalue weighted by Gasteiger charge is 2.23. The van der Waals surface area contributed by atoms with Crippen LogP contribution in [0.15, 0.2) is 41.3 Å². The standard InChI is InChI=1S/C25H25ClN2O7S/c1-2-3-22-27-19(13-36-17-7-4-15(5-8-17)6-9-23(29)30)24(35-25(31)32)28(22)12-16-10-20-21(11-18(16)26)34-14-33-20/h4-5,7-8,10-11H,2-3,6,9,12-14H2,1H3,(H,29,30)(H,31,32). The Morgan fingerprint density at radius 1 is 1.14 bits per heavy atom. The summed E-state index contributed by atoms with van der Waals surface area (Å²) in [4.78, 5) is 28.0. The molecule has 11 heteroatoms. The van der Waals surface area contributed by atoms with E-state index in [0.29, 0.717) is 46.6 Å². The Hall–Kier alpha value is -3.37. The number of imidazole rings is 1. The number of fused-ring (bicyclic) bond motifs is 1. The molecule has 1 aliphatic heterocycles. The number of aliphatic carboxylic acids is 1. The van der Waals surface area contributed by atoms with Crippen molar-refractivity contribution in [2.75, 3.05) is 6.79 Å². The molecular formula is C25H25ClN2O7S. The van der Waals surface area contributed by atoms with Gasteiger partial charge in [-0.05, 0) is 42.2 Å². The molecule has 0 saturated carbocycles. The number of hydrogen-bond donors (Lipinski definition) is 2. The maximum Gasteiger partial charge on any atom is 0.512 e. The second-order valence-electron chi connectivity index (χ2n) is 8.11. The number of nitrogens with zero attached hydrogens (tertiary/aromatic N) is 2. The molecule has 4 rings (SSSR count). The van der Waals surface area contributed by atoms with Crippen molar-refractivity contribution < 1.29 is 34.0 Å². The fourth-order valence-corrected chi connectivity index (χ4v) is 4.84. The molecule has 0 fully saturated rings. The van der Waals surface area contributed by atoms with Crippen molar-refractivity contribution in [1.82, 2.24) is 9.55 Å². The van der Waals surface area contributed by atoms with E-state index >= 15 is 0 Å². The van der Waals surface area contributed by atoms with Crippen molar-refractivity contribution in [2.24, 2.45) is 0 Å². The largest absolute Gasteiger partial charge is 0.512 e. The van der Waals surface area contributed by atoms with Gasteiger partial charge in [-0.1, -0.05) is 30.7 Å². The Labute approximate surface area is 217 Å². The maximum absolute atomic E-state index is 11.6. The smallest absolute Gasteiger partial charge is 0.481 e. The lowest BCUT2D eigenvalue weighted by Crippen LogP contribution is -2.12. The molecule has 0 saturated heterocycles. The number of carbonyl (C=O) groups is 2. The number of hydrogen-bond acceptors (Lipinski definition) is 7. The van der Waals surface area contributed by atoms with E-state index < -0.39 is 12.1 Å². The minimum atomic E-state index is -1.43. The SMILES string of the molecule is CCCc1nc(CSc2ccc(CCC(=O)O)cc2)c(OC(=O)O)n1Cc1cc2c(cc1Cl)OCO2. The molecule has 1 aromatic heterocycles. The van der Waals surface area contributed by atoms with Gasteiger partial charge < -0.3 is 24.4 Å². The minimum absolute atomic E-state index is 0.0768. The van der Waals surface area contributed by atoms with Gasteiger partial charge in [0.05, 0.1) is 6.54 Å². The number of benzene rings is 2. The Morgan fingerprint density at radius 3 is 2.53 bits per heavy atom. The van der Waals surface area contributed by atoms with Crippen LogP contribution in [0.3, 0.4) is 0 Å². The summed E-state index contributed by atoms with van der Waals surface area (Å²) in [7, 11) is 0. The molecule has 0 amide bonds. The van der Waals surface area contributed by atoms with Gasteiger partial charge in [0.2, 0.25) is 12.7 Å². The first-order valence-corrected chi connectivity index (χ1v) is 12.7. The summed E-state index contributed by atoms with van der Waals surface area (Å²) in [6, 6.07) is 11.1. The molecule has 2 N–H and O–H groups in total. The highest BCUT2D eigenvalue weighted by atomic mass is 35.5. The van der Waals surface area contributed by atoms with E-state index in [1.54, 1.807) is 16.7 Å². The number of carboxylic acid groups (broad SMARTS) is 2. The first-order chi connectivity index (χ1) is 17.3. The third-order valence-electron chi connectivity index (χ3n) is 5.52. The van der Waals surface area contributed by atoms with Crippen molar-refractivity contribution in [1.29, 1.82) is 0 Å². The lowest BCUT2D eigenvalue weighted by atomic mass is 10.1. The van der Waals surface area contributed by atoms with Crippen molar-refractivity contribution in [3.05, 3.63) is 64.1 Å². The zero-order valence-electron chi connectivity index (χ0n) is 19.5. The molecule has 9 nitrogen and oxygen atoms in total. The van der Waals surface area contributed by atoms with Gasteiger partial charge in [0.25, 0.3) is 0 Å². The highest BCUT2D eigenvalue weighted by Crippen LogP contribution is 2.38. The van der Waals surface area contributed by atoms with E-state index in [-0.39, 0.29) is 25.6 Å². The summed E-state index contributed by atoms with van der Waals surface area (Å²) in [6.07, 6.45) is 0.548. The average Bonchev–Trinajstić information content (AvgIpc) is 3.41. The van der Waals surface area contributed by atoms with Gasteiger partial charge in [-0.2, -0.15) is 0 Å². The Bertz CT molecular complexity index is 1260. The molecule has 0 atom stereocenters. The van der Waals surface area contributed by atoms with E-state index in [9.17, 15) is 14.7 Å². The van der Waals surface area contributed by atoms with Gasteiger partial charge in [0.15, 0.2) is 11.5 Å². The van der Waals surface area contributed by atoms with Crippen molar-refractivity contribution in [2.45, 2.75) is 49.8 Å². The van der Waals surface area contributed by atoms with Gasteiger partial charge in [0, 0.05) is 34.6 Å². The average molecular weight is 533 g/mol. The number of thioether (sulfide) groups is 1. The van der Waals surface area contributed by atoms with E-state index in [2.05, 4.69) is 0 Å². The third-order valence-corrected chi connectivity index (χ3v) is 6.90. The monoisotopic (exact) mass is 532 g/mol. The molecule has 190 valence electrons. The van der Waals surface area contributed by atoms with Crippen LogP contribution < -0.4 is 14.2 Å². The van der Waals surface area contributed by atoms with Gasteiger partial charge >= 0.3 is 12.1 Å². The predicted molar refractivity (Wildman–Crippen MR) is 134 cm³/mol. The van der Waals surface area contributed by atoms with Crippen LogP contribution in [0.1, 0.15) is 42.4 Å². The van der Waals surface area contributed by atoms with Gasteiger partial charge in [0.1, 0.15) is 11.5 Å². The summed E-state index contributed by atoms with van der Waals surface area (Å²) in [5.41, 5.74) is 2.17. The Morgan fingerprint density at radius 2 is 1.86 bits per heavy atom. The van der Waals surface area contributed by atoms with Gasteiger partial charge in [-0.25, -0.2) is 9.78 Å². The second-order valence-corrected chi connectivity index (χ2v) is 9.56. The molecule has 0 unspecified atom stereocenters. The van der Waals surface area contributed by atoms with Crippen LogP contribution in [0.2, 0.25) is 5.02 Å². The molecular weight excluding hydrogens is 508 g/mol. The van der Waals surface area contributed by atoms with E-state index in [1.165, 1.54) is 11.8 Å². The molecule has 2 heterocycles. The van der Waals surface area contributed by atoms with Gasteiger partial charge in [-0.3, -0.25) is 9.36 Å². The minimum Gasteiger partial charge on any atom is -0.481 e. The normalized spacial score (nSPS) is 12.1. The number of aromatic nitrogens is 2. The number of carboxylic acids is 1. The van der Waals surface area contributed by atoms with Crippen molar-refractivity contribution in [3.8, 4) is 17.4 Å². The molecule has 0 aliphatic carbocycles. The zero-order valence-corrected chi connectivity index (χ0v) is 21.1. The Kier molecular flexibility index (Phi) is 8.27. The molecule has 2 aromatic carbocycles. The topological polar surface area (TPSA) is 120 Å². The lowest BCUT2D eigenvalue weighted by molar-refractivity contribution is -0.136. The molecule has 1 aliphatic rings. The molecule has 3 aromatic rings.